The molecule has 0 fully saturated rings. The lowest BCUT2D eigenvalue weighted by Crippen LogP contribution is -1.95. The number of aryl methyl sites for hydroxylation is 1. The highest BCUT2D eigenvalue weighted by molar-refractivity contribution is 5.80. The summed E-state index contributed by atoms with van der Waals surface area (Å²) in [5.74, 6) is 0. The van der Waals surface area contributed by atoms with Crippen LogP contribution in [0, 0.1) is 6.92 Å². The van der Waals surface area contributed by atoms with E-state index in [4.69, 9.17) is 0 Å². The summed E-state index contributed by atoms with van der Waals surface area (Å²) in [5, 5.41) is 9.37. The summed E-state index contributed by atoms with van der Waals surface area (Å²) in [5.41, 5.74) is 4.55. The average Bonchev–Trinajstić information content (AvgIpc) is 2.55. The molecule has 1 aliphatic carbocycles. The van der Waals surface area contributed by atoms with Crippen molar-refractivity contribution in [2.24, 2.45) is 0 Å². The molecule has 1 N–H and O–H groups in total. The zero-order chi connectivity index (χ0) is 11.4. The second kappa shape index (κ2) is 4.95. The summed E-state index contributed by atoms with van der Waals surface area (Å²) >= 11 is 0. The first-order valence-corrected chi connectivity index (χ1v) is 5.55. The van der Waals surface area contributed by atoms with Gasteiger partial charge in [0.25, 0.3) is 0 Å². The lowest BCUT2D eigenvalue weighted by atomic mass is 9.97. The second-order valence-electron chi connectivity index (χ2n) is 4.00. The first-order chi connectivity index (χ1) is 7.81. The van der Waals surface area contributed by atoms with E-state index in [1.54, 1.807) is 0 Å². The van der Waals surface area contributed by atoms with Gasteiger partial charge in [-0.1, -0.05) is 54.1 Å². The molecule has 0 heterocycles. The summed E-state index contributed by atoms with van der Waals surface area (Å²) in [6.45, 7) is 2.18. The van der Waals surface area contributed by atoms with Gasteiger partial charge in [-0.2, -0.15) is 0 Å². The van der Waals surface area contributed by atoms with Crippen molar-refractivity contribution < 1.29 is 5.11 Å². The van der Waals surface area contributed by atoms with Crippen molar-refractivity contribution in [2.45, 2.75) is 13.3 Å². The summed E-state index contributed by atoms with van der Waals surface area (Å²) in [6.07, 6.45) is 9.18. The Bertz CT molecular complexity index is 447. The third kappa shape index (κ3) is 2.31. The molecule has 0 saturated heterocycles. The van der Waals surface area contributed by atoms with E-state index in [1.807, 2.05) is 6.08 Å². The lowest BCUT2D eigenvalue weighted by Gasteiger charge is -2.09. The van der Waals surface area contributed by atoms with Crippen molar-refractivity contribution in [2.75, 3.05) is 6.61 Å². The molecule has 0 unspecified atom stereocenters. The van der Waals surface area contributed by atoms with Gasteiger partial charge >= 0.3 is 0 Å². The molecule has 2 rings (SSSR count). The van der Waals surface area contributed by atoms with Gasteiger partial charge < -0.3 is 5.11 Å². The Labute approximate surface area is 96.4 Å². The van der Waals surface area contributed by atoms with Crippen molar-refractivity contribution in [1.82, 2.24) is 0 Å². The van der Waals surface area contributed by atoms with Crippen LogP contribution in [-0.4, -0.2) is 11.7 Å². The third-order valence-corrected chi connectivity index (χ3v) is 2.78. The molecule has 1 heteroatoms. The topological polar surface area (TPSA) is 20.2 Å². The van der Waals surface area contributed by atoms with Crippen LogP contribution < -0.4 is 0 Å². The quantitative estimate of drug-likeness (QED) is 0.797. The fourth-order valence-corrected chi connectivity index (χ4v) is 1.83. The summed E-state index contributed by atoms with van der Waals surface area (Å²) in [4.78, 5) is 0. The number of rotatable bonds is 2. The summed E-state index contributed by atoms with van der Waals surface area (Å²) < 4.78 is 0. The summed E-state index contributed by atoms with van der Waals surface area (Å²) in [6, 6.07) is 8.40. The van der Waals surface area contributed by atoms with E-state index in [-0.39, 0.29) is 6.61 Å². The van der Waals surface area contributed by atoms with Crippen molar-refractivity contribution in [3.63, 3.8) is 0 Å². The van der Waals surface area contributed by atoms with E-state index in [0.717, 1.165) is 23.1 Å². The van der Waals surface area contributed by atoms with Gasteiger partial charge in [0.05, 0.1) is 6.61 Å². The fourth-order valence-electron chi connectivity index (χ4n) is 1.83. The number of hydrogen-bond donors (Lipinski definition) is 1. The molecule has 0 aromatic heterocycles. The Morgan fingerprint density at radius 3 is 2.62 bits per heavy atom. The highest BCUT2D eigenvalue weighted by atomic mass is 16.3. The van der Waals surface area contributed by atoms with Crippen molar-refractivity contribution in [3.8, 4) is 0 Å². The lowest BCUT2D eigenvalue weighted by molar-refractivity contribution is 0.336. The zero-order valence-electron chi connectivity index (χ0n) is 9.48. The van der Waals surface area contributed by atoms with Crippen LogP contribution in [0.3, 0.4) is 0 Å². The van der Waals surface area contributed by atoms with Crippen LogP contribution in [0.15, 0.2) is 54.1 Å². The molecule has 0 radical (unpaired) electrons. The number of aliphatic hydroxyl groups excluding tert-OH is 1. The molecule has 0 amide bonds. The van der Waals surface area contributed by atoms with Crippen LogP contribution in [0.5, 0.6) is 0 Å². The maximum Gasteiger partial charge on any atom is 0.0684 e. The van der Waals surface area contributed by atoms with Gasteiger partial charge in [0, 0.05) is 0 Å². The van der Waals surface area contributed by atoms with Crippen LogP contribution in [0.25, 0.3) is 5.57 Å². The van der Waals surface area contributed by atoms with Crippen molar-refractivity contribution in [1.29, 1.82) is 0 Å². The Kier molecular flexibility index (Phi) is 3.37. The van der Waals surface area contributed by atoms with Crippen LogP contribution in [-0.2, 0) is 0 Å². The minimum Gasteiger partial charge on any atom is -0.392 e. The molecular formula is C15H16O. The van der Waals surface area contributed by atoms with Crippen LogP contribution in [0.4, 0.5) is 0 Å². The van der Waals surface area contributed by atoms with E-state index in [0.29, 0.717) is 0 Å². The van der Waals surface area contributed by atoms with Gasteiger partial charge in [0.2, 0.25) is 0 Å². The second-order valence-corrected chi connectivity index (χ2v) is 4.00. The van der Waals surface area contributed by atoms with E-state index in [2.05, 4.69) is 49.4 Å². The maximum absolute atomic E-state index is 9.37. The SMILES string of the molecule is Cc1ccc(C2=CC=CCC=C2CO)cc1. The molecule has 0 bridgehead atoms. The third-order valence-electron chi connectivity index (χ3n) is 2.78. The first-order valence-electron chi connectivity index (χ1n) is 5.55. The first kappa shape index (κ1) is 10.9. The van der Waals surface area contributed by atoms with Gasteiger partial charge in [0.1, 0.15) is 0 Å². The van der Waals surface area contributed by atoms with Crippen LogP contribution in [0.2, 0.25) is 0 Å². The van der Waals surface area contributed by atoms with Crippen LogP contribution >= 0.6 is 0 Å². The smallest absolute Gasteiger partial charge is 0.0684 e. The average molecular weight is 212 g/mol. The molecule has 1 aromatic rings. The Morgan fingerprint density at radius 1 is 1.19 bits per heavy atom. The van der Waals surface area contributed by atoms with E-state index >= 15 is 0 Å². The van der Waals surface area contributed by atoms with Crippen molar-refractivity contribution >= 4 is 5.57 Å². The molecule has 1 aromatic carbocycles. The van der Waals surface area contributed by atoms with Gasteiger partial charge in [-0.15, -0.1) is 0 Å². The van der Waals surface area contributed by atoms with E-state index in [1.165, 1.54) is 5.56 Å². The van der Waals surface area contributed by atoms with E-state index < -0.39 is 0 Å². The Hall–Kier alpha value is -1.60. The molecule has 0 aliphatic heterocycles. The fraction of sp³-hybridized carbons (Fsp3) is 0.200. The molecule has 0 saturated carbocycles. The monoisotopic (exact) mass is 212 g/mol. The normalized spacial score (nSPS) is 15.4. The molecule has 0 atom stereocenters. The standard InChI is InChI=1S/C15H16O/c1-12-7-9-13(10-8-12)15-6-4-2-3-5-14(15)11-16/h2,4-10,16H,3,11H2,1H3. The number of allylic oxidation sites excluding steroid dienone is 4. The van der Waals surface area contributed by atoms with Crippen molar-refractivity contribution in [3.05, 3.63) is 65.3 Å². The molecule has 0 spiro atoms. The maximum atomic E-state index is 9.37. The highest BCUT2D eigenvalue weighted by Gasteiger charge is 2.07. The minimum absolute atomic E-state index is 0.0986. The molecule has 1 aliphatic rings. The highest BCUT2D eigenvalue weighted by Crippen LogP contribution is 2.25. The molecule has 82 valence electrons. The molecule has 16 heavy (non-hydrogen) atoms. The number of aliphatic hydroxyl groups is 1. The number of benzene rings is 1. The largest absolute Gasteiger partial charge is 0.392 e. The zero-order valence-corrected chi connectivity index (χ0v) is 9.48. The number of hydrogen-bond acceptors (Lipinski definition) is 1. The van der Waals surface area contributed by atoms with Gasteiger partial charge in [-0.05, 0) is 30.1 Å². The molecule has 1 nitrogen and oxygen atoms in total. The van der Waals surface area contributed by atoms with Gasteiger partial charge in [0.15, 0.2) is 0 Å². The van der Waals surface area contributed by atoms with Gasteiger partial charge in [-0.25, -0.2) is 0 Å². The predicted octanol–water partition coefficient (Wildman–Crippen LogP) is 3.26. The summed E-state index contributed by atoms with van der Waals surface area (Å²) in [7, 11) is 0. The Balaban J connectivity index is 2.41. The minimum atomic E-state index is 0.0986. The molecular weight excluding hydrogens is 196 g/mol. The predicted molar refractivity (Wildman–Crippen MR) is 68.1 cm³/mol. The van der Waals surface area contributed by atoms with E-state index in [9.17, 15) is 5.11 Å². The van der Waals surface area contributed by atoms with Crippen LogP contribution in [0.1, 0.15) is 17.5 Å². The van der Waals surface area contributed by atoms with Gasteiger partial charge in [-0.3, -0.25) is 0 Å². The Morgan fingerprint density at radius 2 is 1.94 bits per heavy atom.